The van der Waals surface area contributed by atoms with Crippen molar-refractivity contribution >= 4 is 5.91 Å². The molecule has 1 atom stereocenters. The molecule has 2 heterocycles. The van der Waals surface area contributed by atoms with Gasteiger partial charge in [0.2, 0.25) is 5.91 Å². The summed E-state index contributed by atoms with van der Waals surface area (Å²) in [4.78, 5) is 15.8. The van der Waals surface area contributed by atoms with Crippen LogP contribution in [0.4, 0.5) is 0 Å². The first-order chi connectivity index (χ1) is 9.83. The number of nitrogens with one attached hydrogen (secondary N) is 2. The summed E-state index contributed by atoms with van der Waals surface area (Å²) >= 11 is 0. The van der Waals surface area contributed by atoms with Crippen molar-refractivity contribution in [2.75, 3.05) is 13.1 Å². The normalized spacial score (nSPS) is 18.6. The third-order valence-electron chi connectivity index (χ3n) is 3.51. The number of amides is 1. The molecule has 0 aliphatic carbocycles. The Morgan fingerprint density at radius 2 is 1.95 bits per heavy atom. The van der Waals surface area contributed by atoms with Crippen LogP contribution < -0.4 is 10.6 Å². The van der Waals surface area contributed by atoms with Crippen LogP contribution in [0, 0.1) is 0 Å². The average Bonchev–Trinajstić information content (AvgIpc) is 2.51. The van der Waals surface area contributed by atoms with Crippen molar-refractivity contribution in [3.8, 4) is 11.1 Å². The Hall–Kier alpha value is -2.20. The number of piperazine rings is 1. The van der Waals surface area contributed by atoms with Crippen LogP contribution in [-0.4, -0.2) is 30.0 Å². The third-order valence-corrected chi connectivity index (χ3v) is 3.51. The molecule has 1 aliphatic rings. The summed E-state index contributed by atoms with van der Waals surface area (Å²) < 4.78 is 0. The quantitative estimate of drug-likeness (QED) is 0.883. The Balaban J connectivity index is 1.79. The van der Waals surface area contributed by atoms with E-state index in [0.717, 1.165) is 23.2 Å². The van der Waals surface area contributed by atoms with Crippen LogP contribution in [0.25, 0.3) is 11.1 Å². The van der Waals surface area contributed by atoms with E-state index in [1.54, 1.807) is 12.4 Å². The Labute approximate surface area is 118 Å². The number of aromatic nitrogens is 1. The van der Waals surface area contributed by atoms with E-state index < -0.39 is 0 Å². The zero-order chi connectivity index (χ0) is 13.8. The Bertz CT molecular complexity index is 598. The number of carbonyl (C=O) groups is 1. The first kappa shape index (κ1) is 12.8. The molecule has 1 aromatic heterocycles. The summed E-state index contributed by atoms with van der Waals surface area (Å²) in [6.07, 6.45) is 4.29. The molecule has 0 unspecified atom stereocenters. The molecule has 2 N–H and O–H groups in total. The lowest BCUT2D eigenvalue weighted by atomic mass is 9.99. The van der Waals surface area contributed by atoms with Crippen LogP contribution in [-0.2, 0) is 11.2 Å². The molecule has 102 valence electrons. The minimum Gasteiger partial charge on any atom is -0.353 e. The van der Waals surface area contributed by atoms with Crippen LogP contribution in [0.2, 0.25) is 0 Å². The van der Waals surface area contributed by atoms with Gasteiger partial charge in [-0.3, -0.25) is 9.78 Å². The van der Waals surface area contributed by atoms with Crippen molar-refractivity contribution in [3.05, 3.63) is 54.4 Å². The number of pyridine rings is 1. The minimum absolute atomic E-state index is 0.0885. The molecule has 0 bridgehead atoms. The third kappa shape index (κ3) is 2.86. The zero-order valence-corrected chi connectivity index (χ0v) is 11.2. The van der Waals surface area contributed by atoms with Crippen LogP contribution in [0.1, 0.15) is 5.56 Å². The number of nitrogens with zero attached hydrogens (tertiary/aromatic N) is 1. The second kappa shape index (κ2) is 5.84. The van der Waals surface area contributed by atoms with Gasteiger partial charge in [-0.2, -0.15) is 0 Å². The number of rotatable bonds is 3. The van der Waals surface area contributed by atoms with Gasteiger partial charge in [-0.15, -0.1) is 0 Å². The monoisotopic (exact) mass is 267 g/mol. The lowest BCUT2D eigenvalue weighted by molar-refractivity contribution is -0.124. The first-order valence-corrected chi connectivity index (χ1v) is 6.83. The van der Waals surface area contributed by atoms with Crippen LogP contribution in [0.15, 0.2) is 48.8 Å². The second-order valence-corrected chi connectivity index (χ2v) is 4.94. The predicted molar refractivity (Wildman–Crippen MR) is 78.2 cm³/mol. The summed E-state index contributed by atoms with van der Waals surface area (Å²) in [6.45, 7) is 1.55. The van der Waals surface area contributed by atoms with Gasteiger partial charge in [0.1, 0.15) is 0 Å². The van der Waals surface area contributed by atoms with Crippen LogP contribution in [0.5, 0.6) is 0 Å². The minimum atomic E-state index is -0.128. The van der Waals surface area contributed by atoms with Crippen molar-refractivity contribution in [1.29, 1.82) is 0 Å². The molecule has 0 spiro atoms. The predicted octanol–water partition coefficient (Wildman–Crippen LogP) is 1.38. The molecule has 0 saturated carbocycles. The molecule has 4 nitrogen and oxygen atoms in total. The molecule has 20 heavy (non-hydrogen) atoms. The fraction of sp³-hybridized carbons (Fsp3) is 0.250. The highest BCUT2D eigenvalue weighted by Gasteiger charge is 2.21. The van der Waals surface area contributed by atoms with E-state index in [1.807, 2.05) is 18.2 Å². The van der Waals surface area contributed by atoms with Gasteiger partial charge < -0.3 is 10.6 Å². The van der Waals surface area contributed by atoms with E-state index in [4.69, 9.17) is 0 Å². The van der Waals surface area contributed by atoms with Crippen LogP contribution >= 0.6 is 0 Å². The Morgan fingerprint density at radius 1 is 1.10 bits per heavy atom. The van der Waals surface area contributed by atoms with Crippen molar-refractivity contribution in [3.63, 3.8) is 0 Å². The number of carbonyl (C=O) groups excluding carboxylic acids is 1. The van der Waals surface area contributed by atoms with E-state index in [-0.39, 0.29) is 11.9 Å². The topological polar surface area (TPSA) is 54.0 Å². The Morgan fingerprint density at radius 3 is 2.75 bits per heavy atom. The lowest BCUT2D eigenvalue weighted by Gasteiger charge is -2.23. The molecule has 1 aromatic carbocycles. The summed E-state index contributed by atoms with van der Waals surface area (Å²) in [5.41, 5.74) is 3.46. The van der Waals surface area contributed by atoms with Crippen molar-refractivity contribution in [2.24, 2.45) is 0 Å². The molecule has 1 aliphatic heterocycles. The molecule has 2 aromatic rings. The highest BCUT2D eigenvalue weighted by molar-refractivity contribution is 5.82. The van der Waals surface area contributed by atoms with E-state index in [2.05, 4.69) is 33.8 Å². The number of benzene rings is 1. The fourth-order valence-electron chi connectivity index (χ4n) is 2.47. The standard InChI is InChI=1S/C16H17N3O/c20-16-15(18-8-9-19-16)11-12-2-1-3-14(10-12)13-4-6-17-7-5-13/h1-7,10,15,18H,8-9,11H2,(H,19,20)/t15-/m1/s1. The Kier molecular flexibility index (Phi) is 3.74. The lowest BCUT2D eigenvalue weighted by Crippen LogP contribution is -2.53. The molecular formula is C16H17N3O. The molecule has 1 saturated heterocycles. The van der Waals surface area contributed by atoms with Crippen molar-refractivity contribution in [2.45, 2.75) is 12.5 Å². The van der Waals surface area contributed by atoms with Gasteiger partial charge in [0.05, 0.1) is 6.04 Å². The van der Waals surface area contributed by atoms with Crippen molar-refractivity contribution in [1.82, 2.24) is 15.6 Å². The van der Waals surface area contributed by atoms with Gasteiger partial charge in [0.25, 0.3) is 0 Å². The van der Waals surface area contributed by atoms with Gasteiger partial charge >= 0.3 is 0 Å². The SMILES string of the molecule is O=C1NCCN[C@@H]1Cc1cccc(-c2ccncc2)c1. The van der Waals surface area contributed by atoms with Crippen molar-refractivity contribution < 1.29 is 4.79 Å². The largest absolute Gasteiger partial charge is 0.353 e. The van der Waals surface area contributed by atoms with Gasteiger partial charge in [0, 0.05) is 25.5 Å². The van der Waals surface area contributed by atoms with Crippen LogP contribution in [0.3, 0.4) is 0 Å². The van der Waals surface area contributed by atoms with Gasteiger partial charge in [0.15, 0.2) is 0 Å². The fourth-order valence-corrected chi connectivity index (χ4v) is 2.47. The number of hydrogen-bond donors (Lipinski definition) is 2. The van der Waals surface area contributed by atoms with E-state index >= 15 is 0 Å². The molecular weight excluding hydrogens is 250 g/mol. The summed E-state index contributed by atoms with van der Waals surface area (Å²) in [6, 6.07) is 12.2. The summed E-state index contributed by atoms with van der Waals surface area (Å²) in [7, 11) is 0. The average molecular weight is 267 g/mol. The number of hydrogen-bond acceptors (Lipinski definition) is 3. The molecule has 0 radical (unpaired) electrons. The van der Waals surface area contributed by atoms with Gasteiger partial charge in [-0.1, -0.05) is 24.3 Å². The highest BCUT2D eigenvalue weighted by atomic mass is 16.2. The summed E-state index contributed by atoms with van der Waals surface area (Å²) in [5.74, 6) is 0.0885. The molecule has 1 fully saturated rings. The van der Waals surface area contributed by atoms with E-state index in [1.165, 1.54) is 0 Å². The first-order valence-electron chi connectivity index (χ1n) is 6.83. The van der Waals surface area contributed by atoms with Gasteiger partial charge in [-0.05, 0) is 35.2 Å². The maximum Gasteiger partial charge on any atom is 0.237 e. The van der Waals surface area contributed by atoms with E-state index in [0.29, 0.717) is 13.0 Å². The second-order valence-electron chi connectivity index (χ2n) is 4.94. The zero-order valence-electron chi connectivity index (χ0n) is 11.2. The maximum atomic E-state index is 11.8. The molecule has 1 amide bonds. The molecule has 4 heteroatoms. The highest BCUT2D eigenvalue weighted by Crippen LogP contribution is 2.20. The van der Waals surface area contributed by atoms with E-state index in [9.17, 15) is 4.79 Å². The summed E-state index contributed by atoms with van der Waals surface area (Å²) in [5, 5.41) is 6.14. The smallest absolute Gasteiger partial charge is 0.237 e. The molecule has 3 rings (SSSR count). The van der Waals surface area contributed by atoms with Gasteiger partial charge in [-0.25, -0.2) is 0 Å². The maximum absolute atomic E-state index is 11.8.